The quantitative estimate of drug-likeness (QED) is 0.252. The fraction of sp³-hybridized carbons (Fsp3) is 0.591. The molecule has 1 aromatic rings. The van der Waals surface area contributed by atoms with Crippen LogP contribution in [0.4, 0.5) is 0 Å². The van der Waals surface area contributed by atoms with Crippen molar-refractivity contribution in [1.29, 1.82) is 0 Å². The number of rotatable bonds is 10. The van der Waals surface area contributed by atoms with Crippen LogP contribution in [-0.4, -0.2) is 85.9 Å². The maximum Gasteiger partial charge on any atom is 0.234 e. The molecular weight excluding hydrogens is 418 g/mol. The molecule has 1 aromatic carbocycles. The summed E-state index contributed by atoms with van der Waals surface area (Å²) in [6.45, 7) is 6.02. The van der Waals surface area contributed by atoms with Crippen LogP contribution in [-0.2, 0) is 14.8 Å². The average Bonchev–Trinajstić information content (AvgIpc) is 2.79. The summed E-state index contributed by atoms with van der Waals surface area (Å²) in [5.74, 6) is 6.66. The van der Waals surface area contributed by atoms with E-state index in [9.17, 15) is 18.4 Å². The van der Waals surface area contributed by atoms with Crippen LogP contribution in [0.3, 0.4) is 0 Å². The van der Waals surface area contributed by atoms with Crippen molar-refractivity contribution < 1.29 is 23.2 Å². The Hall–Kier alpha value is -2.12. The molecule has 0 radical (unpaired) electrons. The van der Waals surface area contributed by atoms with Crippen LogP contribution in [0, 0.1) is 11.8 Å². The average molecular weight is 452 g/mol. The van der Waals surface area contributed by atoms with Gasteiger partial charge in [-0.1, -0.05) is 37.8 Å². The first-order chi connectivity index (χ1) is 14.8. The minimum Gasteiger partial charge on any atom is -0.497 e. The van der Waals surface area contributed by atoms with Crippen molar-refractivity contribution in [3.8, 4) is 17.6 Å². The van der Waals surface area contributed by atoms with E-state index in [1.165, 1.54) is 5.56 Å². The van der Waals surface area contributed by atoms with E-state index in [0.29, 0.717) is 37.2 Å². The lowest BCUT2D eigenvalue weighted by molar-refractivity contribution is -0.146. The van der Waals surface area contributed by atoms with Gasteiger partial charge in [0.2, 0.25) is 16.4 Å². The third kappa shape index (κ3) is 7.21. The second-order valence-corrected chi connectivity index (χ2v) is 9.50. The molecule has 1 heterocycles. The summed E-state index contributed by atoms with van der Waals surface area (Å²) in [7, 11) is -1.86. The van der Waals surface area contributed by atoms with Crippen molar-refractivity contribution in [1.82, 2.24) is 14.3 Å². The number of hydroxylamine groups is 2. The van der Waals surface area contributed by atoms with Crippen molar-refractivity contribution in [3.63, 3.8) is 0 Å². The highest BCUT2D eigenvalue weighted by Crippen LogP contribution is 2.30. The lowest BCUT2D eigenvalue weighted by atomic mass is 9.90. The molecule has 172 valence electrons. The third-order valence-electron chi connectivity index (χ3n) is 5.69. The molecule has 0 aliphatic carbocycles. The Balaban J connectivity index is 2.04. The van der Waals surface area contributed by atoms with E-state index in [4.69, 9.17) is 4.74 Å². The minimum atomic E-state index is -3.50. The molecule has 1 amide bonds. The lowest BCUT2D eigenvalue weighted by Gasteiger charge is -2.33. The van der Waals surface area contributed by atoms with Gasteiger partial charge in [-0.3, -0.25) is 14.9 Å². The first-order valence-corrected chi connectivity index (χ1v) is 12.2. The van der Waals surface area contributed by atoms with E-state index in [-0.39, 0.29) is 18.7 Å². The second kappa shape index (κ2) is 12.1. The summed E-state index contributed by atoms with van der Waals surface area (Å²) < 4.78 is 33.0. The molecule has 1 N–H and O–H groups in total. The van der Waals surface area contributed by atoms with Gasteiger partial charge in [0.25, 0.3) is 0 Å². The van der Waals surface area contributed by atoms with Crippen LogP contribution < -0.4 is 4.74 Å². The Morgan fingerprint density at radius 2 is 1.84 bits per heavy atom. The molecule has 0 spiro atoms. The predicted molar refractivity (Wildman–Crippen MR) is 119 cm³/mol. The van der Waals surface area contributed by atoms with Gasteiger partial charge in [0, 0.05) is 13.1 Å². The van der Waals surface area contributed by atoms with E-state index in [2.05, 4.69) is 11.8 Å². The van der Waals surface area contributed by atoms with Crippen molar-refractivity contribution in [2.75, 3.05) is 45.6 Å². The maximum atomic E-state index is 13.1. The topological polar surface area (TPSA) is 90.4 Å². The molecule has 31 heavy (non-hydrogen) atoms. The molecule has 1 aliphatic rings. The zero-order chi connectivity index (χ0) is 22.9. The molecule has 9 heteroatoms. The Labute approximate surface area is 185 Å². The van der Waals surface area contributed by atoms with Crippen LogP contribution in [0.15, 0.2) is 24.3 Å². The van der Waals surface area contributed by atoms with Crippen LogP contribution in [0.2, 0.25) is 0 Å². The van der Waals surface area contributed by atoms with Gasteiger partial charge >= 0.3 is 0 Å². The number of methoxy groups -OCH3 is 1. The zero-order valence-corrected chi connectivity index (χ0v) is 19.3. The number of piperidine rings is 1. The Kier molecular flexibility index (Phi) is 9.78. The van der Waals surface area contributed by atoms with Crippen LogP contribution in [0.5, 0.6) is 5.75 Å². The summed E-state index contributed by atoms with van der Waals surface area (Å²) in [6, 6.07) is 7.46. The minimum absolute atomic E-state index is 0.110. The number of sulfonamides is 1. The summed E-state index contributed by atoms with van der Waals surface area (Å²) >= 11 is 0. The fourth-order valence-corrected chi connectivity index (χ4v) is 5.50. The van der Waals surface area contributed by atoms with Gasteiger partial charge < -0.3 is 4.74 Å². The van der Waals surface area contributed by atoms with E-state index in [1.807, 2.05) is 43.0 Å². The van der Waals surface area contributed by atoms with Gasteiger partial charge in [0.1, 0.15) is 12.3 Å². The highest BCUT2D eigenvalue weighted by molar-refractivity contribution is 7.89. The summed E-state index contributed by atoms with van der Waals surface area (Å²) in [4.78, 5) is 12.5. The highest BCUT2D eigenvalue weighted by Gasteiger charge is 2.31. The molecule has 1 atom stereocenters. The summed E-state index contributed by atoms with van der Waals surface area (Å²) in [6.07, 6.45) is 1.81. The number of ether oxygens (including phenoxy) is 1. The van der Waals surface area contributed by atoms with Gasteiger partial charge in [0.05, 0.1) is 18.9 Å². The van der Waals surface area contributed by atoms with Crippen LogP contribution in [0.1, 0.15) is 38.2 Å². The van der Waals surface area contributed by atoms with Gasteiger partial charge in [-0.15, -0.1) is 0 Å². The van der Waals surface area contributed by atoms with Gasteiger partial charge in [0.15, 0.2) is 0 Å². The number of nitrogens with zero attached hydrogens (tertiary/aromatic N) is 3. The van der Waals surface area contributed by atoms with Crippen molar-refractivity contribution in [2.45, 2.75) is 38.6 Å². The SMILES string of the molecule is CCN(CC)C(C#CCN(O)C=O)CS(=O)(=O)N1CCC(c2ccc(OC)cc2)CC1. The number of benzene rings is 1. The molecule has 0 bridgehead atoms. The van der Waals surface area contributed by atoms with E-state index >= 15 is 0 Å². The largest absolute Gasteiger partial charge is 0.497 e. The molecule has 1 aliphatic heterocycles. The third-order valence-corrected chi connectivity index (χ3v) is 7.58. The Morgan fingerprint density at radius 3 is 2.35 bits per heavy atom. The lowest BCUT2D eigenvalue weighted by Crippen LogP contribution is -2.46. The van der Waals surface area contributed by atoms with E-state index in [0.717, 1.165) is 18.6 Å². The molecular formula is C22H33N3O5S. The molecule has 1 fully saturated rings. The molecule has 1 unspecified atom stereocenters. The summed E-state index contributed by atoms with van der Waals surface area (Å²) in [5.41, 5.74) is 1.20. The molecule has 0 saturated carbocycles. The number of amides is 1. The van der Waals surface area contributed by atoms with E-state index in [1.54, 1.807) is 11.4 Å². The number of carbonyl (C=O) groups excluding carboxylic acids is 1. The normalized spacial score (nSPS) is 16.4. The zero-order valence-electron chi connectivity index (χ0n) is 18.5. The smallest absolute Gasteiger partial charge is 0.234 e. The van der Waals surface area contributed by atoms with Crippen molar-refractivity contribution in [2.24, 2.45) is 0 Å². The molecule has 8 nitrogen and oxygen atoms in total. The maximum absolute atomic E-state index is 13.1. The number of hydrogen-bond acceptors (Lipinski definition) is 6. The molecule has 1 saturated heterocycles. The van der Waals surface area contributed by atoms with Crippen LogP contribution >= 0.6 is 0 Å². The second-order valence-electron chi connectivity index (χ2n) is 7.49. The molecule has 0 aromatic heterocycles. The Morgan fingerprint density at radius 1 is 1.23 bits per heavy atom. The fourth-order valence-electron chi connectivity index (χ4n) is 3.83. The van der Waals surface area contributed by atoms with Gasteiger partial charge in [-0.2, -0.15) is 0 Å². The highest BCUT2D eigenvalue weighted by atomic mass is 32.2. The molecule has 2 rings (SSSR count). The first-order valence-electron chi connectivity index (χ1n) is 10.6. The predicted octanol–water partition coefficient (Wildman–Crippen LogP) is 1.77. The van der Waals surface area contributed by atoms with E-state index < -0.39 is 16.1 Å². The standard InChI is InChI=1S/C22H33N3O5S/c1-4-23(5-2)21(7-6-14-24(27)18-26)17-31(28,29)25-15-12-20(13-16-25)19-8-10-22(30-3)11-9-19/h8-11,18,20-21,27H,4-5,12-17H2,1-3H3. The van der Waals surface area contributed by atoms with Gasteiger partial charge in [-0.05, 0) is 49.5 Å². The first kappa shape index (κ1) is 25.1. The van der Waals surface area contributed by atoms with Crippen molar-refractivity contribution in [3.05, 3.63) is 29.8 Å². The van der Waals surface area contributed by atoms with Gasteiger partial charge in [-0.25, -0.2) is 17.8 Å². The summed E-state index contributed by atoms with van der Waals surface area (Å²) in [5, 5.41) is 9.66. The van der Waals surface area contributed by atoms with Crippen LogP contribution in [0.25, 0.3) is 0 Å². The number of carbonyl (C=O) groups is 1. The monoisotopic (exact) mass is 451 g/mol. The Bertz CT molecular complexity index is 851. The number of hydrogen-bond donors (Lipinski definition) is 1. The van der Waals surface area contributed by atoms with Crippen molar-refractivity contribution >= 4 is 16.4 Å².